The fraction of sp³-hybridized carbons (Fsp3) is 0.444. The van der Waals surface area contributed by atoms with Crippen LogP contribution in [0.2, 0.25) is 0 Å². The van der Waals surface area contributed by atoms with Crippen LogP contribution < -0.4 is 10.1 Å². The van der Waals surface area contributed by atoms with Crippen molar-refractivity contribution in [2.45, 2.75) is 38.0 Å². The normalized spacial score (nSPS) is 19.5. The van der Waals surface area contributed by atoms with E-state index in [0.29, 0.717) is 50.3 Å². The van der Waals surface area contributed by atoms with E-state index in [4.69, 9.17) is 14.7 Å². The summed E-state index contributed by atoms with van der Waals surface area (Å²) < 4.78 is 13.2. The molecule has 1 aliphatic rings. The number of aryl methyl sites for hydroxylation is 1. The maximum atomic E-state index is 12.2. The molecule has 0 saturated carbocycles. The lowest BCUT2D eigenvalue weighted by Crippen LogP contribution is -2.51. The number of carbonyl (C=O) groups is 1. The van der Waals surface area contributed by atoms with E-state index in [1.807, 2.05) is 0 Å². The Morgan fingerprint density at radius 2 is 2.27 bits per heavy atom. The van der Waals surface area contributed by atoms with Gasteiger partial charge in [0.2, 0.25) is 5.91 Å². The lowest BCUT2D eigenvalue weighted by molar-refractivity contribution is -0.124. The number of ether oxygens (including phenoxy) is 2. The van der Waals surface area contributed by atoms with E-state index in [9.17, 15) is 4.79 Å². The highest BCUT2D eigenvalue weighted by Gasteiger charge is 2.28. The number of nitrogens with zero attached hydrogens (tertiary/aromatic N) is 4. The topological polar surface area (TPSA) is 102 Å². The summed E-state index contributed by atoms with van der Waals surface area (Å²) in [6.45, 7) is 1.67. The molecule has 0 radical (unpaired) electrons. The third-order valence-corrected chi connectivity index (χ3v) is 4.18. The monoisotopic (exact) mass is 355 g/mol. The Bertz CT molecular complexity index is 739. The summed E-state index contributed by atoms with van der Waals surface area (Å²) in [5, 5.41) is 15.9. The van der Waals surface area contributed by atoms with E-state index in [1.54, 1.807) is 35.3 Å². The van der Waals surface area contributed by atoms with Gasteiger partial charge in [0.15, 0.2) is 0 Å². The molecule has 2 aromatic rings. The smallest absolute Gasteiger partial charge is 0.220 e. The zero-order chi connectivity index (χ0) is 18.2. The number of benzene rings is 1. The van der Waals surface area contributed by atoms with Gasteiger partial charge in [0, 0.05) is 19.6 Å². The minimum absolute atomic E-state index is 0.00885. The van der Waals surface area contributed by atoms with Crippen LogP contribution in [-0.4, -0.2) is 46.0 Å². The van der Waals surface area contributed by atoms with Crippen LogP contribution in [0.25, 0.3) is 0 Å². The van der Waals surface area contributed by atoms with Gasteiger partial charge in [0.25, 0.3) is 0 Å². The van der Waals surface area contributed by atoms with E-state index in [0.717, 1.165) is 0 Å². The molecule has 0 bridgehead atoms. The highest BCUT2D eigenvalue weighted by molar-refractivity contribution is 5.76. The van der Waals surface area contributed by atoms with Crippen molar-refractivity contribution in [1.29, 1.82) is 5.26 Å². The summed E-state index contributed by atoms with van der Waals surface area (Å²) in [6.07, 6.45) is 4.68. The van der Waals surface area contributed by atoms with Crippen molar-refractivity contribution in [3.63, 3.8) is 0 Å². The average molecular weight is 355 g/mol. The highest BCUT2D eigenvalue weighted by Crippen LogP contribution is 2.18. The van der Waals surface area contributed by atoms with Gasteiger partial charge in [-0.1, -0.05) is 0 Å². The summed E-state index contributed by atoms with van der Waals surface area (Å²) in [6, 6.07) is 8.89. The van der Waals surface area contributed by atoms with Crippen LogP contribution in [0.1, 0.15) is 24.8 Å². The minimum Gasteiger partial charge on any atom is -0.486 e. The Morgan fingerprint density at radius 1 is 1.42 bits per heavy atom. The summed E-state index contributed by atoms with van der Waals surface area (Å²) >= 11 is 0. The summed E-state index contributed by atoms with van der Waals surface area (Å²) in [4.78, 5) is 16.1. The second-order valence-corrected chi connectivity index (χ2v) is 6.09. The molecule has 1 amide bonds. The molecule has 1 saturated heterocycles. The fourth-order valence-electron chi connectivity index (χ4n) is 2.80. The first-order chi connectivity index (χ1) is 12.7. The molecule has 26 heavy (non-hydrogen) atoms. The first-order valence-corrected chi connectivity index (χ1v) is 8.61. The second kappa shape index (κ2) is 8.97. The van der Waals surface area contributed by atoms with Crippen LogP contribution in [0.15, 0.2) is 36.9 Å². The van der Waals surface area contributed by atoms with E-state index >= 15 is 0 Å². The highest BCUT2D eigenvalue weighted by atomic mass is 16.5. The van der Waals surface area contributed by atoms with Gasteiger partial charge in [-0.2, -0.15) is 10.4 Å². The van der Waals surface area contributed by atoms with Crippen molar-refractivity contribution in [2.75, 3.05) is 13.2 Å². The number of hydrogen-bond acceptors (Lipinski definition) is 6. The lowest BCUT2D eigenvalue weighted by atomic mass is 10.1. The molecule has 1 N–H and O–H groups in total. The third-order valence-electron chi connectivity index (χ3n) is 4.18. The van der Waals surface area contributed by atoms with Crippen molar-refractivity contribution >= 4 is 5.91 Å². The lowest BCUT2D eigenvalue weighted by Gasteiger charge is -2.32. The Labute approximate surface area is 151 Å². The van der Waals surface area contributed by atoms with Crippen molar-refractivity contribution < 1.29 is 14.3 Å². The number of nitriles is 1. The van der Waals surface area contributed by atoms with Gasteiger partial charge in [-0.15, -0.1) is 0 Å². The van der Waals surface area contributed by atoms with Crippen LogP contribution in [0, 0.1) is 11.3 Å². The van der Waals surface area contributed by atoms with Crippen LogP contribution in [0.4, 0.5) is 0 Å². The van der Waals surface area contributed by atoms with Crippen LogP contribution >= 0.6 is 0 Å². The zero-order valence-corrected chi connectivity index (χ0v) is 14.4. The molecule has 8 heteroatoms. The number of carbonyl (C=O) groups excluding carboxylic acids is 1. The molecule has 0 aliphatic carbocycles. The van der Waals surface area contributed by atoms with Gasteiger partial charge in [-0.05, 0) is 37.1 Å². The van der Waals surface area contributed by atoms with E-state index < -0.39 is 0 Å². The number of aromatic nitrogens is 3. The van der Waals surface area contributed by atoms with Gasteiger partial charge >= 0.3 is 0 Å². The van der Waals surface area contributed by atoms with Crippen LogP contribution in [0.3, 0.4) is 0 Å². The summed E-state index contributed by atoms with van der Waals surface area (Å²) in [5.74, 6) is 0.648. The van der Waals surface area contributed by atoms with Crippen molar-refractivity contribution in [3.05, 3.63) is 42.5 Å². The second-order valence-electron chi connectivity index (χ2n) is 6.09. The zero-order valence-electron chi connectivity index (χ0n) is 14.4. The summed E-state index contributed by atoms with van der Waals surface area (Å²) in [5.41, 5.74) is 0.578. The van der Waals surface area contributed by atoms with Crippen LogP contribution in [0.5, 0.6) is 5.75 Å². The Balaban J connectivity index is 1.49. The first-order valence-electron chi connectivity index (χ1n) is 8.61. The van der Waals surface area contributed by atoms with Gasteiger partial charge in [0.05, 0.1) is 24.3 Å². The molecule has 0 unspecified atom stereocenters. The van der Waals surface area contributed by atoms with E-state index in [-0.39, 0.29) is 18.1 Å². The van der Waals surface area contributed by atoms with Crippen LogP contribution in [-0.2, 0) is 16.1 Å². The predicted molar refractivity (Wildman–Crippen MR) is 92.2 cm³/mol. The van der Waals surface area contributed by atoms with Crippen molar-refractivity contribution in [2.24, 2.45) is 0 Å². The molecule has 2 atom stereocenters. The number of nitrogens with one attached hydrogen (secondary N) is 1. The van der Waals surface area contributed by atoms with E-state index in [2.05, 4.69) is 21.5 Å². The third kappa shape index (κ3) is 5.04. The SMILES string of the molecule is N#Cc1ccc(O[C@@H]2COCC[C@H]2NC(=O)CCCn2cncn2)cc1. The molecule has 1 aliphatic heterocycles. The maximum absolute atomic E-state index is 12.2. The quantitative estimate of drug-likeness (QED) is 0.803. The molecule has 2 heterocycles. The molecule has 0 spiro atoms. The molecular formula is C18H21N5O3. The van der Waals surface area contributed by atoms with E-state index in [1.165, 1.54) is 6.33 Å². The van der Waals surface area contributed by atoms with Gasteiger partial charge in [-0.3, -0.25) is 9.48 Å². The number of amides is 1. The van der Waals surface area contributed by atoms with Gasteiger partial charge < -0.3 is 14.8 Å². The first kappa shape index (κ1) is 17.9. The molecule has 3 rings (SSSR count). The Kier molecular flexibility index (Phi) is 6.17. The minimum atomic E-state index is -0.254. The average Bonchev–Trinajstić information content (AvgIpc) is 3.17. The molecule has 136 valence electrons. The number of rotatable bonds is 7. The molecule has 1 aromatic heterocycles. The number of hydrogen-bond donors (Lipinski definition) is 1. The van der Waals surface area contributed by atoms with Gasteiger partial charge in [0.1, 0.15) is 24.5 Å². The molecular weight excluding hydrogens is 334 g/mol. The maximum Gasteiger partial charge on any atom is 0.220 e. The predicted octanol–water partition coefficient (Wildman–Crippen LogP) is 1.28. The molecule has 1 aromatic carbocycles. The molecule has 1 fully saturated rings. The Morgan fingerprint density at radius 3 is 3.00 bits per heavy atom. The standard InChI is InChI=1S/C18H21N5O3/c19-10-14-3-5-15(6-4-14)26-17-11-25-9-7-16(17)22-18(24)2-1-8-23-13-20-12-21-23/h3-6,12-13,16-17H,1-2,7-9,11H2,(H,22,24)/t16-,17-/m1/s1. The molecule has 8 nitrogen and oxygen atoms in total. The van der Waals surface area contributed by atoms with Crippen molar-refractivity contribution in [1.82, 2.24) is 20.1 Å². The fourth-order valence-corrected chi connectivity index (χ4v) is 2.80. The Hall–Kier alpha value is -2.92. The van der Waals surface area contributed by atoms with Gasteiger partial charge in [-0.25, -0.2) is 4.98 Å². The largest absolute Gasteiger partial charge is 0.486 e. The van der Waals surface area contributed by atoms with Crippen molar-refractivity contribution in [3.8, 4) is 11.8 Å². The summed E-state index contributed by atoms with van der Waals surface area (Å²) in [7, 11) is 0.